The number of amides is 4. The molecule has 0 aromatic rings. The van der Waals surface area contributed by atoms with Crippen LogP contribution in [0.3, 0.4) is 0 Å². The van der Waals surface area contributed by atoms with Crippen molar-refractivity contribution in [3.05, 3.63) is 0 Å². The van der Waals surface area contributed by atoms with Gasteiger partial charge in [0.05, 0.1) is 0 Å². The Kier molecular flexibility index (Phi) is 6.83. The third kappa shape index (κ3) is 4.14. The molecule has 1 saturated heterocycles. The third-order valence-electron chi connectivity index (χ3n) is 4.84. The lowest BCUT2D eigenvalue weighted by Crippen LogP contribution is -2.50. The van der Waals surface area contributed by atoms with Crippen LogP contribution in [0.2, 0.25) is 0 Å². The SMILES string of the molecule is CCC1CCC2(CC1)NC(=O)N(CC(=O)N[C@@H](C)CN)C2=O.Cl. The van der Waals surface area contributed by atoms with Crippen LogP contribution in [-0.2, 0) is 9.59 Å². The van der Waals surface area contributed by atoms with Crippen LogP contribution in [0, 0.1) is 5.92 Å². The van der Waals surface area contributed by atoms with Gasteiger partial charge in [0.15, 0.2) is 0 Å². The van der Waals surface area contributed by atoms with E-state index in [1.54, 1.807) is 6.92 Å². The second kappa shape index (κ2) is 7.97. The summed E-state index contributed by atoms with van der Waals surface area (Å²) in [5.74, 6) is 0.00132. The van der Waals surface area contributed by atoms with E-state index >= 15 is 0 Å². The van der Waals surface area contributed by atoms with E-state index in [1.807, 2.05) is 0 Å². The number of nitrogens with two attached hydrogens (primary N) is 1. The van der Waals surface area contributed by atoms with Gasteiger partial charge in [0, 0.05) is 12.6 Å². The monoisotopic (exact) mass is 346 g/mol. The van der Waals surface area contributed by atoms with Gasteiger partial charge in [-0.1, -0.05) is 13.3 Å². The number of carbonyl (C=O) groups is 3. The molecule has 2 aliphatic rings. The number of nitrogens with one attached hydrogen (secondary N) is 2. The number of imide groups is 1. The van der Waals surface area contributed by atoms with Gasteiger partial charge in [-0.3, -0.25) is 14.5 Å². The van der Waals surface area contributed by atoms with E-state index in [2.05, 4.69) is 17.6 Å². The Morgan fingerprint density at radius 3 is 2.57 bits per heavy atom. The maximum Gasteiger partial charge on any atom is 0.325 e. The molecule has 2 rings (SSSR count). The first-order valence-corrected chi connectivity index (χ1v) is 8.05. The van der Waals surface area contributed by atoms with E-state index in [0.717, 1.165) is 24.2 Å². The normalized spacial score (nSPS) is 28.3. The number of carbonyl (C=O) groups excluding carboxylic acids is 3. The van der Waals surface area contributed by atoms with Crippen molar-refractivity contribution in [3.8, 4) is 0 Å². The summed E-state index contributed by atoms with van der Waals surface area (Å²) in [5, 5.41) is 5.49. The van der Waals surface area contributed by atoms with Crippen LogP contribution in [0.1, 0.15) is 46.0 Å². The van der Waals surface area contributed by atoms with Gasteiger partial charge in [-0.15, -0.1) is 12.4 Å². The van der Waals surface area contributed by atoms with Crippen LogP contribution in [0.4, 0.5) is 4.79 Å². The number of rotatable bonds is 5. The lowest BCUT2D eigenvalue weighted by atomic mass is 9.75. The molecule has 23 heavy (non-hydrogen) atoms. The highest BCUT2D eigenvalue weighted by molar-refractivity contribution is 6.09. The highest BCUT2D eigenvalue weighted by Crippen LogP contribution is 2.37. The van der Waals surface area contributed by atoms with Crippen LogP contribution in [0.15, 0.2) is 0 Å². The Hall–Kier alpha value is -1.34. The lowest BCUT2D eigenvalue weighted by Gasteiger charge is -2.34. The molecule has 1 saturated carbocycles. The van der Waals surface area contributed by atoms with Crippen LogP contribution >= 0.6 is 12.4 Å². The zero-order valence-corrected chi connectivity index (χ0v) is 14.6. The molecule has 1 aliphatic heterocycles. The van der Waals surface area contributed by atoms with Crippen molar-refractivity contribution >= 4 is 30.3 Å². The molecule has 0 radical (unpaired) electrons. The van der Waals surface area contributed by atoms with Gasteiger partial charge < -0.3 is 16.4 Å². The largest absolute Gasteiger partial charge is 0.351 e. The molecule has 1 spiro atoms. The van der Waals surface area contributed by atoms with Crippen molar-refractivity contribution in [2.45, 2.75) is 57.5 Å². The summed E-state index contributed by atoms with van der Waals surface area (Å²) >= 11 is 0. The Morgan fingerprint density at radius 1 is 1.43 bits per heavy atom. The van der Waals surface area contributed by atoms with Gasteiger partial charge in [-0.05, 0) is 38.5 Å². The molecule has 0 aromatic carbocycles. The molecule has 7 nitrogen and oxygen atoms in total. The molecule has 0 bridgehead atoms. The fourth-order valence-corrected chi connectivity index (χ4v) is 3.26. The summed E-state index contributed by atoms with van der Waals surface area (Å²) in [6, 6.07) is -0.641. The van der Waals surface area contributed by atoms with Crippen molar-refractivity contribution < 1.29 is 14.4 Å². The average Bonchev–Trinajstić information content (AvgIpc) is 2.72. The Morgan fingerprint density at radius 2 is 2.04 bits per heavy atom. The van der Waals surface area contributed by atoms with Crippen molar-refractivity contribution in [3.63, 3.8) is 0 Å². The van der Waals surface area contributed by atoms with Crippen LogP contribution in [0.25, 0.3) is 0 Å². The first-order chi connectivity index (χ1) is 10.4. The molecule has 132 valence electrons. The Balaban J connectivity index is 0.00000264. The highest BCUT2D eigenvalue weighted by atomic mass is 35.5. The second-order valence-corrected chi connectivity index (χ2v) is 6.46. The predicted octanol–water partition coefficient (Wildman–Crippen LogP) is 0.762. The second-order valence-electron chi connectivity index (χ2n) is 6.46. The topological polar surface area (TPSA) is 105 Å². The minimum absolute atomic E-state index is 0. The Labute approximate surface area is 143 Å². The number of nitrogens with zero attached hydrogens (tertiary/aromatic N) is 1. The molecule has 8 heteroatoms. The fourth-order valence-electron chi connectivity index (χ4n) is 3.26. The van der Waals surface area contributed by atoms with Gasteiger partial charge in [0.25, 0.3) is 5.91 Å². The number of hydrogen-bond acceptors (Lipinski definition) is 4. The van der Waals surface area contributed by atoms with Gasteiger partial charge in [0.2, 0.25) is 5.91 Å². The maximum atomic E-state index is 12.6. The average molecular weight is 347 g/mol. The van der Waals surface area contributed by atoms with Crippen LogP contribution in [0.5, 0.6) is 0 Å². The van der Waals surface area contributed by atoms with Crippen molar-refractivity contribution in [2.75, 3.05) is 13.1 Å². The molecule has 2 fully saturated rings. The zero-order chi connectivity index (χ0) is 16.3. The summed E-state index contributed by atoms with van der Waals surface area (Å²) in [6.45, 7) is 3.99. The van der Waals surface area contributed by atoms with E-state index in [0.29, 0.717) is 25.3 Å². The summed E-state index contributed by atoms with van der Waals surface area (Å²) < 4.78 is 0. The molecular weight excluding hydrogens is 320 g/mol. The maximum absolute atomic E-state index is 12.6. The fraction of sp³-hybridized carbons (Fsp3) is 0.800. The molecule has 0 unspecified atom stereocenters. The van der Waals surface area contributed by atoms with Crippen molar-refractivity contribution in [2.24, 2.45) is 11.7 Å². The Bertz CT molecular complexity index is 464. The van der Waals surface area contributed by atoms with E-state index in [4.69, 9.17) is 5.73 Å². The van der Waals surface area contributed by atoms with E-state index in [1.165, 1.54) is 0 Å². The zero-order valence-electron chi connectivity index (χ0n) is 13.8. The molecule has 1 heterocycles. The molecule has 0 aromatic heterocycles. The number of urea groups is 1. The quantitative estimate of drug-likeness (QED) is 0.639. The van der Waals surface area contributed by atoms with E-state index in [-0.39, 0.29) is 36.8 Å². The number of hydrogen-bond donors (Lipinski definition) is 3. The lowest BCUT2D eigenvalue weighted by molar-refractivity contribution is -0.136. The summed E-state index contributed by atoms with van der Waals surface area (Å²) in [4.78, 5) is 37.6. The highest BCUT2D eigenvalue weighted by Gasteiger charge is 2.52. The van der Waals surface area contributed by atoms with Crippen molar-refractivity contribution in [1.29, 1.82) is 0 Å². The summed E-state index contributed by atoms with van der Waals surface area (Å²) in [7, 11) is 0. The van der Waals surface area contributed by atoms with Crippen LogP contribution in [-0.4, -0.2) is 47.4 Å². The summed E-state index contributed by atoms with van der Waals surface area (Å²) in [6.07, 6.45) is 4.29. The van der Waals surface area contributed by atoms with Gasteiger partial charge >= 0.3 is 6.03 Å². The van der Waals surface area contributed by atoms with Crippen LogP contribution < -0.4 is 16.4 Å². The first-order valence-electron chi connectivity index (χ1n) is 8.05. The van der Waals surface area contributed by atoms with Gasteiger partial charge in [-0.2, -0.15) is 0 Å². The van der Waals surface area contributed by atoms with E-state index in [9.17, 15) is 14.4 Å². The smallest absolute Gasteiger partial charge is 0.325 e. The van der Waals surface area contributed by atoms with Gasteiger partial charge in [-0.25, -0.2) is 4.79 Å². The molecule has 4 N–H and O–H groups in total. The minimum atomic E-state index is -0.789. The van der Waals surface area contributed by atoms with Gasteiger partial charge in [0.1, 0.15) is 12.1 Å². The summed E-state index contributed by atoms with van der Waals surface area (Å²) in [5.41, 5.74) is 4.66. The minimum Gasteiger partial charge on any atom is -0.351 e. The van der Waals surface area contributed by atoms with Crippen molar-refractivity contribution in [1.82, 2.24) is 15.5 Å². The number of halogens is 1. The molecule has 4 amide bonds. The predicted molar refractivity (Wildman–Crippen MR) is 89.1 cm³/mol. The molecular formula is C15H27ClN4O3. The molecule has 1 atom stereocenters. The standard InChI is InChI=1S/C15H26N4O3.ClH/c1-3-11-4-6-15(7-5-11)13(21)19(14(22)18-15)9-12(20)17-10(2)8-16;/h10-11H,3-9,16H2,1-2H3,(H,17,20)(H,18,22);1H/t10-,11?,15?;/m0./s1. The third-order valence-corrected chi connectivity index (χ3v) is 4.84. The molecule has 1 aliphatic carbocycles. The van der Waals surface area contributed by atoms with E-state index < -0.39 is 11.6 Å². The first kappa shape index (κ1) is 19.7.